The molecule has 1 heteroatoms. The molecule has 9 aromatic rings. The molecule has 54 heavy (non-hydrogen) atoms. The van der Waals surface area contributed by atoms with Gasteiger partial charge < -0.3 is 4.90 Å². The summed E-state index contributed by atoms with van der Waals surface area (Å²) in [6.07, 6.45) is 0. The minimum Gasteiger partial charge on any atom is -0.310 e. The normalized spacial score (nSPS) is 12.8. The van der Waals surface area contributed by atoms with Crippen LogP contribution in [0.4, 0.5) is 17.1 Å². The van der Waals surface area contributed by atoms with Crippen LogP contribution in [-0.4, -0.2) is 0 Å². The van der Waals surface area contributed by atoms with E-state index in [9.17, 15) is 0 Å². The van der Waals surface area contributed by atoms with Gasteiger partial charge in [-0.15, -0.1) is 0 Å². The molecule has 0 aromatic heterocycles. The molecule has 0 radical (unpaired) electrons. The van der Waals surface area contributed by atoms with Gasteiger partial charge in [0.2, 0.25) is 0 Å². The molecule has 0 N–H and O–H groups in total. The monoisotopic (exact) mass is 689 g/mol. The van der Waals surface area contributed by atoms with E-state index in [2.05, 4.69) is 219 Å². The van der Waals surface area contributed by atoms with Crippen LogP contribution in [0.5, 0.6) is 0 Å². The lowest BCUT2D eigenvalue weighted by molar-refractivity contribution is 0.660. The van der Waals surface area contributed by atoms with E-state index in [-0.39, 0.29) is 5.41 Å². The van der Waals surface area contributed by atoms with Crippen LogP contribution in [0, 0.1) is 0 Å². The first-order valence-corrected chi connectivity index (χ1v) is 18.8. The van der Waals surface area contributed by atoms with Gasteiger partial charge in [0, 0.05) is 22.5 Å². The van der Waals surface area contributed by atoms with Crippen LogP contribution in [0.25, 0.3) is 66.1 Å². The summed E-state index contributed by atoms with van der Waals surface area (Å²) in [6.45, 7) is 4.69. The fraction of sp³-hybridized carbons (Fsp3) is 0.0566. The SMILES string of the molecule is CC1(C)c2ccccc2-c2cc(N(c3ccc(-c4ccccc4)cc3)c3cccc(-c4ccc5c(c4)cc(-c4ccccc4)c4ccccc45)c3)ccc21. The highest BCUT2D eigenvalue weighted by Crippen LogP contribution is 2.51. The van der Waals surface area contributed by atoms with Crippen molar-refractivity contribution in [2.45, 2.75) is 19.3 Å². The average molecular weight is 690 g/mol. The van der Waals surface area contributed by atoms with Crippen LogP contribution < -0.4 is 4.90 Å². The third kappa shape index (κ3) is 5.32. The number of anilines is 3. The van der Waals surface area contributed by atoms with Gasteiger partial charge in [0.25, 0.3) is 0 Å². The van der Waals surface area contributed by atoms with Gasteiger partial charge in [-0.25, -0.2) is 0 Å². The zero-order valence-electron chi connectivity index (χ0n) is 30.5. The predicted molar refractivity (Wildman–Crippen MR) is 230 cm³/mol. The Morgan fingerprint density at radius 3 is 1.69 bits per heavy atom. The summed E-state index contributed by atoms with van der Waals surface area (Å²) in [5.74, 6) is 0. The third-order valence-corrected chi connectivity index (χ3v) is 11.4. The smallest absolute Gasteiger partial charge is 0.0468 e. The van der Waals surface area contributed by atoms with Gasteiger partial charge in [-0.1, -0.05) is 166 Å². The Hall–Kier alpha value is -6.70. The van der Waals surface area contributed by atoms with Crippen molar-refractivity contribution in [3.8, 4) is 44.5 Å². The Kier molecular flexibility index (Phi) is 7.56. The van der Waals surface area contributed by atoms with Crippen molar-refractivity contribution in [2.75, 3.05) is 4.90 Å². The van der Waals surface area contributed by atoms with Crippen LogP contribution >= 0.6 is 0 Å². The quantitative estimate of drug-likeness (QED) is 0.157. The lowest BCUT2D eigenvalue weighted by Crippen LogP contribution is -2.15. The Bertz CT molecular complexity index is 2830. The molecule has 0 spiro atoms. The van der Waals surface area contributed by atoms with E-state index < -0.39 is 0 Å². The first kappa shape index (κ1) is 32.0. The van der Waals surface area contributed by atoms with Crippen molar-refractivity contribution in [3.05, 3.63) is 211 Å². The zero-order chi connectivity index (χ0) is 36.2. The standard InChI is InChI=1S/C53H39N/c1-53(2)51-23-12-11-22-48(51)50-35-44(29-31-52(50)53)54(42-27-24-37(25-28-42)36-14-5-3-6-15-36)43-19-13-18-39(33-43)40-26-30-45-41(32-40)34-49(38-16-7-4-8-17-38)47-21-10-9-20-46(45)47/h3-35H,1-2H3. The Morgan fingerprint density at radius 2 is 0.889 bits per heavy atom. The maximum Gasteiger partial charge on any atom is 0.0468 e. The summed E-state index contributed by atoms with van der Waals surface area (Å²) in [6, 6.07) is 73.4. The van der Waals surface area contributed by atoms with E-state index in [1.807, 2.05) is 0 Å². The second-order valence-electron chi connectivity index (χ2n) is 15.0. The molecule has 0 fully saturated rings. The molecule has 0 saturated carbocycles. The lowest BCUT2D eigenvalue weighted by Gasteiger charge is -2.28. The summed E-state index contributed by atoms with van der Waals surface area (Å²) in [5.41, 5.74) is 16.0. The molecule has 0 saturated heterocycles. The van der Waals surface area contributed by atoms with Crippen LogP contribution in [0.3, 0.4) is 0 Å². The molecular formula is C53H39N. The van der Waals surface area contributed by atoms with E-state index >= 15 is 0 Å². The minimum atomic E-state index is -0.0473. The van der Waals surface area contributed by atoms with Crippen molar-refractivity contribution in [3.63, 3.8) is 0 Å². The van der Waals surface area contributed by atoms with Crippen molar-refractivity contribution < 1.29 is 0 Å². The molecule has 0 atom stereocenters. The van der Waals surface area contributed by atoms with E-state index in [0.717, 1.165) is 17.1 Å². The van der Waals surface area contributed by atoms with E-state index in [0.29, 0.717) is 0 Å². The van der Waals surface area contributed by atoms with Crippen LogP contribution in [-0.2, 0) is 5.41 Å². The van der Waals surface area contributed by atoms with Crippen LogP contribution in [0.1, 0.15) is 25.0 Å². The van der Waals surface area contributed by atoms with Crippen molar-refractivity contribution in [1.29, 1.82) is 0 Å². The largest absolute Gasteiger partial charge is 0.310 e. The number of nitrogens with zero attached hydrogens (tertiary/aromatic N) is 1. The van der Waals surface area contributed by atoms with Gasteiger partial charge in [0.15, 0.2) is 0 Å². The van der Waals surface area contributed by atoms with Crippen molar-refractivity contribution >= 4 is 38.6 Å². The van der Waals surface area contributed by atoms with Gasteiger partial charge in [-0.05, 0) is 126 Å². The lowest BCUT2D eigenvalue weighted by atomic mass is 9.82. The second-order valence-corrected chi connectivity index (χ2v) is 15.0. The molecule has 256 valence electrons. The fourth-order valence-electron chi connectivity index (χ4n) is 8.70. The molecule has 1 aliphatic carbocycles. The van der Waals surface area contributed by atoms with Crippen LogP contribution in [0.2, 0.25) is 0 Å². The minimum absolute atomic E-state index is 0.0473. The number of hydrogen-bond acceptors (Lipinski definition) is 1. The number of rotatable bonds is 6. The zero-order valence-corrected chi connectivity index (χ0v) is 30.5. The summed E-state index contributed by atoms with van der Waals surface area (Å²) >= 11 is 0. The highest BCUT2D eigenvalue weighted by atomic mass is 15.1. The molecule has 0 unspecified atom stereocenters. The van der Waals surface area contributed by atoms with Gasteiger partial charge in [-0.2, -0.15) is 0 Å². The molecule has 0 aliphatic heterocycles. The molecule has 0 heterocycles. The molecule has 0 amide bonds. The highest BCUT2D eigenvalue weighted by Gasteiger charge is 2.35. The predicted octanol–water partition coefficient (Wildman–Crippen LogP) is 14.8. The second kappa shape index (κ2) is 12.8. The third-order valence-electron chi connectivity index (χ3n) is 11.4. The summed E-state index contributed by atoms with van der Waals surface area (Å²) in [7, 11) is 0. The average Bonchev–Trinajstić information content (AvgIpc) is 3.46. The maximum atomic E-state index is 2.41. The Morgan fingerprint density at radius 1 is 0.315 bits per heavy atom. The fourth-order valence-corrected chi connectivity index (χ4v) is 8.70. The number of benzene rings is 9. The summed E-state index contributed by atoms with van der Waals surface area (Å²) in [5, 5.41) is 5.07. The Labute approximate surface area is 317 Å². The molecule has 1 nitrogen and oxygen atoms in total. The Balaban J connectivity index is 1.11. The summed E-state index contributed by atoms with van der Waals surface area (Å²) < 4.78 is 0. The maximum absolute atomic E-state index is 2.41. The molecule has 0 bridgehead atoms. The molecular weight excluding hydrogens is 651 g/mol. The van der Waals surface area contributed by atoms with E-state index in [4.69, 9.17) is 0 Å². The first-order valence-electron chi connectivity index (χ1n) is 18.8. The van der Waals surface area contributed by atoms with Gasteiger partial charge >= 0.3 is 0 Å². The van der Waals surface area contributed by atoms with E-state index in [1.54, 1.807) is 0 Å². The van der Waals surface area contributed by atoms with Gasteiger partial charge in [0.1, 0.15) is 0 Å². The first-order chi connectivity index (χ1) is 26.5. The summed E-state index contributed by atoms with van der Waals surface area (Å²) in [4.78, 5) is 2.41. The molecule has 9 aromatic carbocycles. The van der Waals surface area contributed by atoms with Gasteiger partial charge in [0.05, 0.1) is 0 Å². The van der Waals surface area contributed by atoms with Crippen LogP contribution in [0.15, 0.2) is 200 Å². The van der Waals surface area contributed by atoms with Crippen molar-refractivity contribution in [1.82, 2.24) is 0 Å². The van der Waals surface area contributed by atoms with E-state index in [1.165, 1.54) is 77.2 Å². The van der Waals surface area contributed by atoms with Gasteiger partial charge in [-0.3, -0.25) is 0 Å². The number of fused-ring (bicyclic) bond motifs is 6. The van der Waals surface area contributed by atoms with Crippen molar-refractivity contribution in [2.24, 2.45) is 0 Å². The highest BCUT2D eigenvalue weighted by molar-refractivity contribution is 6.14. The molecule has 1 aliphatic rings. The topological polar surface area (TPSA) is 3.24 Å². The number of hydrogen-bond donors (Lipinski definition) is 0. The molecule has 10 rings (SSSR count).